The summed E-state index contributed by atoms with van der Waals surface area (Å²) in [7, 11) is 1.51. The summed E-state index contributed by atoms with van der Waals surface area (Å²) < 4.78 is 5.08. The van der Waals surface area contributed by atoms with Crippen LogP contribution >= 0.6 is 11.6 Å². The summed E-state index contributed by atoms with van der Waals surface area (Å²) in [6.07, 6.45) is 0.943. The maximum atomic E-state index is 10.5. The third-order valence-electron chi connectivity index (χ3n) is 1.86. The van der Waals surface area contributed by atoms with Crippen LogP contribution in [0.4, 0.5) is 0 Å². The van der Waals surface area contributed by atoms with Gasteiger partial charge in [0.1, 0.15) is 5.75 Å². The quantitative estimate of drug-likeness (QED) is 0.806. The molecule has 3 nitrogen and oxygen atoms in total. The van der Waals surface area contributed by atoms with Crippen LogP contribution in [0.25, 0.3) is 5.03 Å². The molecule has 0 aliphatic carbocycles. The molecular weight excluding hydrogens is 216 g/mol. The van der Waals surface area contributed by atoms with Gasteiger partial charge in [-0.2, -0.15) is 0 Å². The molecule has 0 unspecified atom stereocenters. The number of aliphatic carboxylic acids is 1. The minimum absolute atomic E-state index is 0.156. The highest BCUT2D eigenvalue weighted by Gasteiger charge is 2.08. The van der Waals surface area contributed by atoms with Gasteiger partial charge in [-0.3, -0.25) is 0 Å². The molecule has 1 N–H and O–H groups in total. The molecule has 0 radical (unpaired) electrons. The van der Waals surface area contributed by atoms with Crippen molar-refractivity contribution in [2.24, 2.45) is 0 Å². The average molecular weight is 227 g/mol. The van der Waals surface area contributed by atoms with Crippen molar-refractivity contribution in [1.82, 2.24) is 0 Å². The largest absolute Gasteiger partial charge is 0.496 e. The Balaban J connectivity index is 3.22. The maximum absolute atomic E-state index is 10.5. The third-order valence-corrected chi connectivity index (χ3v) is 2.18. The number of carboxylic acids is 1. The lowest BCUT2D eigenvalue weighted by molar-refractivity contribution is -0.131. The normalized spacial score (nSPS) is 11.3. The molecule has 1 rings (SSSR count). The lowest BCUT2D eigenvalue weighted by atomic mass is 10.1. The van der Waals surface area contributed by atoms with Crippen LogP contribution in [0.1, 0.15) is 11.1 Å². The Bertz CT molecular complexity index is 410. The van der Waals surface area contributed by atoms with E-state index in [0.717, 1.165) is 11.6 Å². The predicted molar refractivity (Wildman–Crippen MR) is 59.2 cm³/mol. The molecule has 0 bridgehead atoms. The number of hydrogen-bond acceptors (Lipinski definition) is 2. The Morgan fingerprint density at radius 3 is 2.73 bits per heavy atom. The standard InChI is InChI=1S/C11H11ClO3/c1-7-3-4-10(15-2)8(5-7)9(12)6-11(13)14/h3-6H,1-2H3,(H,13,14)/b9-6-. The molecule has 0 aliphatic heterocycles. The smallest absolute Gasteiger partial charge is 0.329 e. The Hall–Kier alpha value is -1.48. The van der Waals surface area contributed by atoms with E-state index in [-0.39, 0.29) is 5.03 Å². The summed E-state index contributed by atoms with van der Waals surface area (Å²) in [6, 6.07) is 5.40. The van der Waals surface area contributed by atoms with E-state index in [1.54, 1.807) is 12.1 Å². The summed E-state index contributed by atoms with van der Waals surface area (Å²) in [5.41, 5.74) is 1.57. The lowest BCUT2D eigenvalue weighted by Gasteiger charge is -2.07. The second-order valence-corrected chi connectivity index (χ2v) is 3.44. The first kappa shape index (κ1) is 11.6. The van der Waals surface area contributed by atoms with Crippen molar-refractivity contribution in [2.75, 3.05) is 7.11 Å². The van der Waals surface area contributed by atoms with Gasteiger partial charge in [-0.05, 0) is 19.1 Å². The number of aryl methyl sites for hydroxylation is 1. The first-order valence-corrected chi connectivity index (χ1v) is 4.67. The predicted octanol–water partition coefficient (Wildman–Crippen LogP) is 2.67. The van der Waals surface area contributed by atoms with Crippen LogP contribution in [0.2, 0.25) is 0 Å². The highest BCUT2D eigenvalue weighted by Crippen LogP contribution is 2.29. The van der Waals surface area contributed by atoms with Gasteiger partial charge < -0.3 is 9.84 Å². The Labute approximate surface area is 92.9 Å². The fraction of sp³-hybridized carbons (Fsp3) is 0.182. The molecular formula is C11H11ClO3. The first-order valence-electron chi connectivity index (χ1n) is 4.29. The van der Waals surface area contributed by atoms with Crippen LogP contribution in [0.15, 0.2) is 24.3 Å². The van der Waals surface area contributed by atoms with Crippen LogP contribution in [0.5, 0.6) is 5.75 Å². The van der Waals surface area contributed by atoms with E-state index in [0.29, 0.717) is 11.3 Å². The van der Waals surface area contributed by atoms with E-state index in [1.165, 1.54) is 7.11 Å². The number of carbonyl (C=O) groups is 1. The van der Waals surface area contributed by atoms with Gasteiger partial charge in [0.15, 0.2) is 0 Å². The first-order chi connectivity index (χ1) is 7.04. The Kier molecular flexibility index (Phi) is 3.74. The zero-order chi connectivity index (χ0) is 11.4. The van der Waals surface area contributed by atoms with Crippen molar-refractivity contribution in [2.45, 2.75) is 6.92 Å². The van der Waals surface area contributed by atoms with Crippen LogP contribution in [-0.4, -0.2) is 18.2 Å². The maximum Gasteiger partial charge on any atom is 0.329 e. The van der Waals surface area contributed by atoms with E-state index in [1.807, 2.05) is 13.0 Å². The van der Waals surface area contributed by atoms with Crippen molar-refractivity contribution < 1.29 is 14.6 Å². The molecule has 4 heteroatoms. The minimum atomic E-state index is -1.08. The van der Waals surface area contributed by atoms with E-state index in [4.69, 9.17) is 21.4 Å². The number of ether oxygens (including phenoxy) is 1. The fourth-order valence-electron chi connectivity index (χ4n) is 1.19. The molecule has 0 aliphatic rings. The van der Waals surface area contributed by atoms with E-state index in [9.17, 15) is 4.79 Å². The van der Waals surface area contributed by atoms with Gasteiger partial charge in [0.05, 0.1) is 12.1 Å². The summed E-state index contributed by atoms with van der Waals surface area (Å²) in [5.74, 6) is -0.522. The fourth-order valence-corrected chi connectivity index (χ4v) is 1.44. The van der Waals surface area contributed by atoms with Gasteiger partial charge in [-0.1, -0.05) is 23.2 Å². The van der Waals surface area contributed by atoms with Crippen LogP contribution in [-0.2, 0) is 4.79 Å². The van der Waals surface area contributed by atoms with Crippen LogP contribution in [0, 0.1) is 6.92 Å². The number of methoxy groups -OCH3 is 1. The molecule has 0 atom stereocenters. The molecule has 0 aromatic heterocycles. The average Bonchev–Trinajstić information content (AvgIpc) is 2.16. The highest BCUT2D eigenvalue weighted by molar-refractivity contribution is 6.50. The van der Waals surface area contributed by atoms with Crippen molar-refractivity contribution >= 4 is 22.6 Å². The van der Waals surface area contributed by atoms with Crippen molar-refractivity contribution in [1.29, 1.82) is 0 Å². The lowest BCUT2D eigenvalue weighted by Crippen LogP contribution is -1.93. The van der Waals surface area contributed by atoms with Crippen molar-refractivity contribution in [3.05, 3.63) is 35.4 Å². The third kappa shape index (κ3) is 2.99. The topological polar surface area (TPSA) is 46.5 Å². The highest BCUT2D eigenvalue weighted by atomic mass is 35.5. The molecule has 0 fully saturated rings. The monoisotopic (exact) mass is 226 g/mol. The molecule has 0 amide bonds. The van der Waals surface area contributed by atoms with Crippen molar-refractivity contribution in [3.63, 3.8) is 0 Å². The number of rotatable bonds is 3. The molecule has 15 heavy (non-hydrogen) atoms. The Morgan fingerprint density at radius 1 is 1.53 bits per heavy atom. The van der Waals surface area contributed by atoms with Gasteiger partial charge in [-0.25, -0.2) is 4.79 Å². The summed E-state index contributed by atoms with van der Waals surface area (Å²) in [4.78, 5) is 10.5. The summed E-state index contributed by atoms with van der Waals surface area (Å²) >= 11 is 5.86. The number of carboxylic acid groups (broad SMARTS) is 1. The second kappa shape index (κ2) is 4.84. The summed E-state index contributed by atoms with van der Waals surface area (Å²) in [5, 5.41) is 8.73. The van der Waals surface area contributed by atoms with Gasteiger partial charge in [0.25, 0.3) is 0 Å². The zero-order valence-electron chi connectivity index (χ0n) is 8.45. The van der Waals surface area contributed by atoms with Gasteiger partial charge >= 0.3 is 5.97 Å². The summed E-state index contributed by atoms with van der Waals surface area (Å²) in [6.45, 7) is 1.90. The second-order valence-electron chi connectivity index (χ2n) is 3.03. The molecule has 0 heterocycles. The van der Waals surface area contributed by atoms with E-state index in [2.05, 4.69) is 0 Å². The van der Waals surface area contributed by atoms with E-state index >= 15 is 0 Å². The minimum Gasteiger partial charge on any atom is -0.496 e. The molecule has 0 spiro atoms. The van der Waals surface area contributed by atoms with E-state index < -0.39 is 5.97 Å². The Morgan fingerprint density at radius 2 is 2.20 bits per heavy atom. The number of benzene rings is 1. The molecule has 0 saturated heterocycles. The zero-order valence-corrected chi connectivity index (χ0v) is 9.21. The van der Waals surface area contributed by atoms with Gasteiger partial charge in [0.2, 0.25) is 0 Å². The van der Waals surface area contributed by atoms with Crippen molar-refractivity contribution in [3.8, 4) is 5.75 Å². The van der Waals surface area contributed by atoms with Crippen LogP contribution < -0.4 is 4.74 Å². The molecule has 1 aromatic rings. The van der Waals surface area contributed by atoms with Gasteiger partial charge in [-0.15, -0.1) is 0 Å². The number of halogens is 1. The van der Waals surface area contributed by atoms with Crippen LogP contribution in [0.3, 0.4) is 0 Å². The van der Waals surface area contributed by atoms with Gasteiger partial charge in [0, 0.05) is 11.6 Å². The molecule has 80 valence electrons. The molecule has 1 aromatic carbocycles. The SMILES string of the molecule is COc1ccc(C)cc1/C(Cl)=C/C(=O)O. The number of hydrogen-bond donors (Lipinski definition) is 1. The molecule has 0 saturated carbocycles.